The largest absolute Gasteiger partial charge is 0.368 e. The van der Waals surface area contributed by atoms with Gasteiger partial charge in [-0.25, -0.2) is 0 Å². The lowest BCUT2D eigenvalue weighted by Gasteiger charge is -2.06. The Morgan fingerprint density at radius 2 is 2.50 bits per heavy atom. The second-order valence-electron chi connectivity index (χ2n) is 2.69. The quantitative estimate of drug-likeness (QED) is 0.607. The Balaban J connectivity index is 2.58. The molecule has 1 rings (SSSR count). The molecule has 0 radical (unpaired) electrons. The first-order valence-corrected chi connectivity index (χ1v) is 3.64. The molecule has 66 valence electrons. The van der Waals surface area contributed by atoms with Crippen LogP contribution >= 0.6 is 0 Å². The molecular weight excluding hydrogens is 156 g/mol. The van der Waals surface area contributed by atoms with Crippen molar-refractivity contribution in [2.45, 2.75) is 19.5 Å². The molecule has 0 aromatic carbocycles. The van der Waals surface area contributed by atoms with E-state index < -0.39 is 11.9 Å². The van der Waals surface area contributed by atoms with Gasteiger partial charge in [0, 0.05) is 6.20 Å². The molecule has 0 aliphatic rings. The molecule has 0 saturated carbocycles. The summed E-state index contributed by atoms with van der Waals surface area (Å²) in [6.07, 6.45) is 1.76. The van der Waals surface area contributed by atoms with Gasteiger partial charge in [-0.15, -0.1) is 0 Å². The van der Waals surface area contributed by atoms with Crippen molar-refractivity contribution in [1.82, 2.24) is 9.78 Å². The predicted octanol–water partition coefficient (Wildman–Crippen LogP) is -0.996. The molecule has 0 bridgehead atoms. The van der Waals surface area contributed by atoms with Gasteiger partial charge in [0.1, 0.15) is 6.04 Å². The van der Waals surface area contributed by atoms with Gasteiger partial charge < -0.3 is 11.5 Å². The van der Waals surface area contributed by atoms with E-state index in [-0.39, 0.29) is 0 Å². The molecule has 1 unspecified atom stereocenters. The van der Waals surface area contributed by atoms with Crippen molar-refractivity contribution < 1.29 is 4.79 Å². The monoisotopic (exact) mass is 168 g/mol. The zero-order valence-electron chi connectivity index (χ0n) is 6.90. The molecular formula is C7H12N4O. The highest BCUT2D eigenvalue weighted by Gasteiger charge is 2.09. The van der Waals surface area contributed by atoms with Crippen LogP contribution in [0.2, 0.25) is 0 Å². The van der Waals surface area contributed by atoms with Gasteiger partial charge in [-0.05, 0) is 13.0 Å². The van der Waals surface area contributed by atoms with E-state index >= 15 is 0 Å². The van der Waals surface area contributed by atoms with E-state index in [1.165, 1.54) is 0 Å². The first kappa shape index (κ1) is 8.73. The van der Waals surface area contributed by atoms with Gasteiger partial charge in [-0.2, -0.15) is 5.10 Å². The van der Waals surface area contributed by atoms with Crippen molar-refractivity contribution in [2.24, 2.45) is 11.5 Å². The summed E-state index contributed by atoms with van der Waals surface area (Å²) in [4.78, 5) is 10.6. The highest BCUT2D eigenvalue weighted by molar-refractivity contribution is 5.79. The van der Waals surface area contributed by atoms with Crippen molar-refractivity contribution in [3.63, 3.8) is 0 Å². The topological polar surface area (TPSA) is 86.9 Å². The average Bonchev–Trinajstić information content (AvgIpc) is 2.35. The Kier molecular flexibility index (Phi) is 2.44. The number of nitrogens with two attached hydrogens (primary N) is 2. The molecule has 1 aromatic heterocycles. The third-order valence-corrected chi connectivity index (χ3v) is 1.52. The summed E-state index contributed by atoms with van der Waals surface area (Å²) < 4.78 is 1.60. The number of aromatic nitrogens is 2. The van der Waals surface area contributed by atoms with E-state index in [0.29, 0.717) is 6.54 Å². The molecule has 0 fully saturated rings. The van der Waals surface area contributed by atoms with E-state index in [1.54, 1.807) is 10.9 Å². The summed E-state index contributed by atoms with van der Waals surface area (Å²) in [6.45, 7) is 2.20. The number of carbonyl (C=O) groups is 1. The van der Waals surface area contributed by atoms with Crippen LogP contribution in [0.25, 0.3) is 0 Å². The summed E-state index contributed by atoms with van der Waals surface area (Å²) in [6, 6.07) is 1.18. The van der Waals surface area contributed by atoms with Gasteiger partial charge in [0.15, 0.2) is 0 Å². The molecule has 5 nitrogen and oxygen atoms in total. The van der Waals surface area contributed by atoms with E-state index in [1.807, 2.05) is 13.0 Å². The number of carbonyl (C=O) groups excluding carboxylic acids is 1. The van der Waals surface area contributed by atoms with Crippen LogP contribution in [0.3, 0.4) is 0 Å². The molecule has 1 aromatic rings. The van der Waals surface area contributed by atoms with Crippen molar-refractivity contribution in [1.29, 1.82) is 0 Å². The van der Waals surface area contributed by atoms with Gasteiger partial charge in [0.05, 0.1) is 12.2 Å². The predicted molar refractivity (Wildman–Crippen MR) is 44.1 cm³/mol. The van der Waals surface area contributed by atoms with Crippen LogP contribution in [0.15, 0.2) is 12.3 Å². The SMILES string of the molecule is Cc1ccn(CC(N)C(N)=O)n1. The van der Waals surface area contributed by atoms with Crippen molar-refractivity contribution in [3.05, 3.63) is 18.0 Å². The lowest BCUT2D eigenvalue weighted by atomic mass is 10.3. The molecule has 0 saturated heterocycles. The minimum absolute atomic E-state index is 0.336. The highest BCUT2D eigenvalue weighted by Crippen LogP contribution is 1.93. The molecule has 1 heterocycles. The lowest BCUT2D eigenvalue weighted by Crippen LogP contribution is -2.39. The first-order valence-electron chi connectivity index (χ1n) is 3.64. The zero-order chi connectivity index (χ0) is 9.14. The number of hydrogen-bond donors (Lipinski definition) is 2. The van der Waals surface area contributed by atoms with Crippen molar-refractivity contribution in [3.8, 4) is 0 Å². The van der Waals surface area contributed by atoms with Crippen molar-refractivity contribution >= 4 is 5.91 Å². The maximum absolute atomic E-state index is 10.6. The zero-order valence-corrected chi connectivity index (χ0v) is 6.90. The van der Waals surface area contributed by atoms with Gasteiger partial charge in [-0.1, -0.05) is 0 Å². The van der Waals surface area contributed by atoms with E-state index in [4.69, 9.17) is 11.5 Å². The summed E-state index contributed by atoms with van der Waals surface area (Å²) in [5, 5.41) is 4.06. The fourth-order valence-corrected chi connectivity index (χ4v) is 0.856. The van der Waals surface area contributed by atoms with Crippen LogP contribution < -0.4 is 11.5 Å². The Bertz CT molecular complexity index is 281. The molecule has 0 aliphatic heterocycles. The number of hydrogen-bond acceptors (Lipinski definition) is 3. The molecule has 12 heavy (non-hydrogen) atoms. The fourth-order valence-electron chi connectivity index (χ4n) is 0.856. The van der Waals surface area contributed by atoms with Gasteiger partial charge >= 0.3 is 0 Å². The first-order chi connectivity index (χ1) is 5.59. The summed E-state index contributed by atoms with van der Waals surface area (Å²) in [7, 11) is 0. The van der Waals surface area contributed by atoms with Gasteiger partial charge in [0.25, 0.3) is 0 Å². The normalized spacial score (nSPS) is 12.8. The summed E-state index contributed by atoms with van der Waals surface area (Å²) in [5.41, 5.74) is 11.3. The Morgan fingerprint density at radius 1 is 1.83 bits per heavy atom. The molecule has 0 spiro atoms. The van der Waals surface area contributed by atoms with Crippen LogP contribution in [0.5, 0.6) is 0 Å². The Hall–Kier alpha value is -1.36. The molecule has 1 amide bonds. The molecule has 5 heteroatoms. The number of primary amides is 1. The average molecular weight is 168 g/mol. The van der Waals surface area contributed by atoms with E-state index in [0.717, 1.165) is 5.69 Å². The fraction of sp³-hybridized carbons (Fsp3) is 0.429. The molecule has 4 N–H and O–H groups in total. The number of nitrogens with zero attached hydrogens (tertiary/aromatic N) is 2. The van der Waals surface area contributed by atoms with E-state index in [9.17, 15) is 4.79 Å². The summed E-state index contributed by atoms with van der Waals surface area (Å²) in [5.74, 6) is -0.511. The Labute approximate surface area is 70.3 Å². The maximum atomic E-state index is 10.6. The minimum Gasteiger partial charge on any atom is -0.368 e. The van der Waals surface area contributed by atoms with Crippen LogP contribution in [-0.2, 0) is 11.3 Å². The molecule has 0 aliphatic carbocycles. The Morgan fingerprint density at radius 3 is 2.92 bits per heavy atom. The number of aryl methyl sites for hydroxylation is 1. The second-order valence-corrected chi connectivity index (χ2v) is 2.69. The number of amides is 1. The minimum atomic E-state index is -0.663. The maximum Gasteiger partial charge on any atom is 0.236 e. The summed E-state index contributed by atoms with van der Waals surface area (Å²) >= 11 is 0. The standard InChI is InChI=1S/C7H12N4O/c1-5-2-3-11(10-5)4-6(8)7(9)12/h2-3,6H,4,8H2,1H3,(H2,9,12). The van der Waals surface area contributed by atoms with E-state index in [2.05, 4.69) is 5.10 Å². The smallest absolute Gasteiger partial charge is 0.236 e. The van der Waals surface area contributed by atoms with Gasteiger partial charge in [0.2, 0.25) is 5.91 Å². The lowest BCUT2D eigenvalue weighted by molar-refractivity contribution is -0.119. The third-order valence-electron chi connectivity index (χ3n) is 1.52. The van der Waals surface area contributed by atoms with Crippen molar-refractivity contribution in [2.75, 3.05) is 0 Å². The van der Waals surface area contributed by atoms with Crippen LogP contribution in [-0.4, -0.2) is 21.7 Å². The van der Waals surface area contributed by atoms with Crippen LogP contribution in [0.4, 0.5) is 0 Å². The van der Waals surface area contributed by atoms with Crippen LogP contribution in [0, 0.1) is 6.92 Å². The van der Waals surface area contributed by atoms with Crippen LogP contribution in [0.1, 0.15) is 5.69 Å². The highest BCUT2D eigenvalue weighted by atomic mass is 16.1. The van der Waals surface area contributed by atoms with Gasteiger partial charge in [-0.3, -0.25) is 9.48 Å². The third kappa shape index (κ3) is 2.06. The second kappa shape index (κ2) is 3.36. The molecule has 1 atom stereocenters. The number of rotatable bonds is 3.